The van der Waals surface area contributed by atoms with E-state index in [4.69, 9.17) is 21.4 Å². The molecular formula is C28H26F2N6O5. The number of aliphatic carboxylic acids is 1. The molecule has 4 aromatic rings. The largest absolute Gasteiger partial charge is 0.481 e. The molecule has 2 aliphatic rings. The molecule has 1 aliphatic carbocycles. The molecule has 2 aromatic heterocycles. The number of nitrogens with two attached hydrogens (primary N) is 2. The van der Waals surface area contributed by atoms with Crippen LogP contribution in [0.1, 0.15) is 47.3 Å². The summed E-state index contributed by atoms with van der Waals surface area (Å²) < 4.78 is 32.8. The first-order valence-corrected chi connectivity index (χ1v) is 12.7. The number of halogens is 2. The molecule has 0 spiro atoms. The van der Waals surface area contributed by atoms with Crippen molar-refractivity contribution in [2.45, 2.75) is 38.8 Å². The van der Waals surface area contributed by atoms with Gasteiger partial charge in [-0.05, 0) is 48.6 Å². The zero-order valence-electron chi connectivity index (χ0n) is 21.9. The van der Waals surface area contributed by atoms with Crippen LogP contribution in [0.2, 0.25) is 0 Å². The number of hydrogen-bond acceptors (Lipinski definition) is 8. The number of pyridine rings is 1. The summed E-state index contributed by atoms with van der Waals surface area (Å²) in [5.74, 6) is -3.67. The molecule has 6 rings (SSSR count). The Morgan fingerprint density at radius 3 is 2.49 bits per heavy atom. The Labute approximate surface area is 231 Å². The highest BCUT2D eigenvalue weighted by Crippen LogP contribution is 2.41. The van der Waals surface area contributed by atoms with E-state index in [1.165, 1.54) is 10.8 Å². The summed E-state index contributed by atoms with van der Waals surface area (Å²) in [6.07, 6.45) is 4.86. The lowest BCUT2D eigenvalue weighted by atomic mass is 9.98. The topological polar surface area (TPSA) is 178 Å². The number of carbonyl (C=O) groups is 2. The lowest BCUT2D eigenvalue weighted by molar-refractivity contribution is -0.134. The minimum absolute atomic E-state index is 0.0742. The third kappa shape index (κ3) is 5.25. The second kappa shape index (κ2) is 10.5. The third-order valence-electron chi connectivity index (χ3n) is 7.02. The van der Waals surface area contributed by atoms with E-state index < -0.39 is 34.6 Å². The maximum Gasteiger partial charge on any atom is 0.341 e. The number of anilines is 3. The van der Waals surface area contributed by atoms with Gasteiger partial charge in [0.2, 0.25) is 11.4 Å². The van der Waals surface area contributed by atoms with Crippen LogP contribution in [0.3, 0.4) is 0 Å². The zero-order valence-corrected chi connectivity index (χ0v) is 21.9. The normalized spacial score (nSPS) is 14.0. The summed E-state index contributed by atoms with van der Waals surface area (Å²) >= 11 is 0. The van der Waals surface area contributed by atoms with Crippen molar-refractivity contribution >= 4 is 40.3 Å². The Morgan fingerprint density at radius 2 is 1.85 bits per heavy atom. The number of fused-ring (bicyclic) bond motifs is 2. The number of nitrogen functional groups attached to an aromatic ring is 2. The van der Waals surface area contributed by atoms with E-state index >= 15 is 8.78 Å². The van der Waals surface area contributed by atoms with Crippen molar-refractivity contribution in [1.29, 1.82) is 0 Å². The van der Waals surface area contributed by atoms with Crippen LogP contribution in [0, 0.1) is 11.6 Å². The van der Waals surface area contributed by atoms with Gasteiger partial charge in [0.1, 0.15) is 17.2 Å². The Bertz CT molecular complexity index is 1780. The molecule has 0 bridgehead atoms. The molecule has 41 heavy (non-hydrogen) atoms. The fourth-order valence-electron chi connectivity index (χ4n) is 5.05. The van der Waals surface area contributed by atoms with Crippen molar-refractivity contribution in [3.05, 3.63) is 75.2 Å². The van der Waals surface area contributed by atoms with Gasteiger partial charge in [0.05, 0.1) is 16.5 Å². The van der Waals surface area contributed by atoms with Crippen LogP contribution in [0.5, 0.6) is 0 Å². The Kier molecular flexibility index (Phi) is 7.03. The highest BCUT2D eigenvalue weighted by Gasteiger charge is 2.30. The number of aromatic carboxylic acids is 1. The number of rotatable bonds is 5. The molecule has 13 heteroatoms. The van der Waals surface area contributed by atoms with Gasteiger partial charge in [0.15, 0.2) is 5.82 Å². The SMILES string of the molecule is CC(=O)O.Nc1ncc(CN2CCc3cc(-c4c(F)cc5c(=O)c(C(=O)O)cn(C6CC6)c5c4F)ccc32)c(N)n1. The smallest absolute Gasteiger partial charge is 0.341 e. The van der Waals surface area contributed by atoms with Crippen LogP contribution in [-0.2, 0) is 17.8 Å². The van der Waals surface area contributed by atoms with Crippen molar-refractivity contribution in [3.63, 3.8) is 0 Å². The minimum atomic E-state index is -1.43. The zero-order chi connectivity index (χ0) is 29.6. The quantitative estimate of drug-likeness (QED) is 0.280. The van der Waals surface area contributed by atoms with Gasteiger partial charge >= 0.3 is 5.97 Å². The van der Waals surface area contributed by atoms with E-state index in [1.807, 2.05) is 0 Å². The van der Waals surface area contributed by atoms with E-state index in [-0.39, 0.29) is 28.5 Å². The average Bonchev–Trinajstić information content (AvgIpc) is 3.66. The highest BCUT2D eigenvalue weighted by atomic mass is 19.1. The molecule has 1 saturated carbocycles. The van der Waals surface area contributed by atoms with Gasteiger partial charge in [-0.3, -0.25) is 9.59 Å². The Balaban J connectivity index is 0.000000794. The molecule has 6 N–H and O–H groups in total. The molecule has 0 unspecified atom stereocenters. The molecule has 1 aliphatic heterocycles. The van der Waals surface area contributed by atoms with Crippen LogP contribution in [0.25, 0.3) is 22.0 Å². The van der Waals surface area contributed by atoms with E-state index in [1.54, 1.807) is 24.4 Å². The Hall–Kier alpha value is -5.07. The second-order valence-corrected chi connectivity index (χ2v) is 9.93. The number of carboxylic acid groups (broad SMARTS) is 2. The first-order valence-electron chi connectivity index (χ1n) is 12.7. The summed E-state index contributed by atoms with van der Waals surface area (Å²) in [6, 6.07) is 6.00. The number of nitrogens with zero attached hydrogens (tertiary/aromatic N) is 4. The Morgan fingerprint density at radius 1 is 1.15 bits per heavy atom. The maximum absolute atomic E-state index is 16.0. The molecule has 3 heterocycles. The first-order chi connectivity index (χ1) is 19.5. The fraction of sp³-hybridized carbons (Fsp3) is 0.250. The predicted octanol–water partition coefficient (Wildman–Crippen LogP) is 3.59. The molecule has 0 saturated heterocycles. The summed E-state index contributed by atoms with van der Waals surface area (Å²) in [7, 11) is 0. The van der Waals surface area contributed by atoms with E-state index in [0.717, 1.165) is 42.6 Å². The van der Waals surface area contributed by atoms with Gasteiger partial charge in [-0.1, -0.05) is 6.07 Å². The van der Waals surface area contributed by atoms with Crippen LogP contribution >= 0.6 is 0 Å². The predicted molar refractivity (Wildman–Crippen MR) is 148 cm³/mol. The van der Waals surface area contributed by atoms with Crippen molar-refractivity contribution in [1.82, 2.24) is 14.5 Å². The number of benzene rings is 2. The van der Waals surface area contributed by atoms with Crippen LogP contribution in [0.15, 0.2) is 41.5 Å². The summed E-state index contributed by atoms with van der Waals surface area (Å²) in [5.41, 5.74) is 12.7. The molecule has 0 amide bonds. The van der Waals surface area contributed by atoms with Crippen LogP contribution < -0.4 is 21.8 Å². The number of aromatic nitrogens is 3. The lowest BCUT2D eigenvalue weighted by Crippen LogP contribution is -2.21. The van der Waals surface area contributed by atoms with Crippen molar-refractivity contribution < 1.29 is 28.6 Å². The summed E-state index contributed by atoms with van der Waals surface area (Å²) in [6.45, 7) is 2.21. The molecular weight excluding hydrogens is 538 g/mol. The molecule has 11 nitrogen and oxygen atoms in total. The molecule has 2 aromatic carbocycles. The molecule has 0 atom stereocenters. The average molecular weight is 565 g/mol. The van der Waals surface area contributed by atoms with Crippen molar-refractivity contribution in [2.75, 3.05) is 22.9 Å². The fourth-order valence-corrected chi connectivity index (χ4v) is 5.05. The van der Waals surface area contributed by atoms with Crippen molar-refractivity contribution in [2.24, 2.45) is 0 Å². The summed E-state index contributed by atoms with van der Waals surface area (Å²) in [5, 5.41) is 16.6. The number of hydrogen-bond donors (Lipinski definition) is 4. The van der Waals surface area contributed by atoms with Gasteiger partial charge in [-0.25, -0.2) is 18.6 Å². The maximum atomic E-state index is 16.0. The standard InChI is InChI=1S/C26H22F2N6O3.C2H4O2/c27-18-8-16-22(34(15-2-3-15)11-17(23(16)35)25(36)37)21(28)20(18)13-1-4-19-12(7-13)5-6-33(19)10-14-9-31-26(30)32-24(14)29;1-2(3)4/h1,4,7-9,11,15H,2-3,5-6,10H2,(H,36,37)(H4,29,30,31,32);1H3,(H,3,4). The van der Waals surface area contributed by atoms with Gasteiger partial charge in [0.25, 0.3) is 5.97 Å². The summed E-state index contributed by atoms with van der Waals surface area (Å²) in [4.78, 5) is 43.4. The number of carboxylic acids is 2. The highest BCUT2D eigenvalue weighted by molar-refractivity contribution is 5.94. The third-order valence-corrected chi connectivity index (χ3v) is 7.02. The van der Waals surface area contributed by atoms with Crippen LogP contribution in [0.4, 0.5) is 26.2 Å². The first kappa shape index (κ1) is 27.5. The van der Waals surface area contributed by atoms with Crippen LogP contribution in [-0.4, -0.2) is 43.2 Å². The van der Waals surface area contributed by atoms with Gasteiger partial charge in [-0.2, -0.15) is 4.98 Å². The minimum Gasteiger partial charge on any atom is -0.481 e. The second-order valence-electron chi connectivity index (χ2n) is 9.93. The van der Waals surface area contributed by atoms with E-state index in [9.17, 15) is 14.7 Å². The molecule has 0 radical (unpaired) electrons. The monoisotopic (exact) mass is 564 g/mol. The van der Waals surface area contributed by atoms with Crippen molar-refractivity contribution in [3.8, 4) is 11.1 Å². The lowest BCUT2D eigenvalue weighted by Gasteiger charge is -2.20. The van der Waals surface area contributed by atoms with Gasteiger partial charge < -0.3 is 31.1 Å². The van der Waals surface area contributed by atoms with E-state index in [0.29, 0.717) is 30.9 Å². The van der Waals surface area contributed by atoms with E-state index in [2.05, 4.69) is 14.9 Å². The molecule has 212 valence electrons. The van der Waals surface area contributed by atoms with Gasteiger partial charge in [-0.15, -0.1) is 0 Å². The molecule has 1 fully saturated rings. The van der Waals surface area contributed by atoms with Gasteiger partial charge in [0, 0.05) is 49.7 Å².